The monoisotopic (exact) mass is 397 g/mol. The van der Waals surface area contributed by atoms with Crippen molar-refractivity contribution in [1.29, 1.82) is 0 Å². The van der Waals surface area contributed by atoms with Gasteiger partial charge in [-0.05, 0) is 49.7 Å². The highest BCUT2D eigenvalue weighted by Crippen LogP contribution is 2.31. The van der Waals surface area contributed by atoms with Crippen molar-refractivity contribution in [3.8, 4) is 5.75 Å². The van der Waals surface area contributed by atoms with Crippen LogP contribution in [0.5, 0.6) is 5.75 Å². The number of nitrogens with one attached hydrogen (secondary N) is 2. The second-order valence-electron chi connectivity index (χ2n) is 7.23. The van der Waals surface area contributed by atoms with Gasteiger partial charge in [0.15, 0.2) is 0 Å². The molecule has 8 heteroatoms. The largest absolute Gasteiger partial charge is 0.495 e. The van der Waals surface area contributed by atoms with Gasteiger partial charge in [-0.25, -0.2) is 4.79 Å². The molecule has 8 nitrogen and oxygen atoms in total. The van der Waals surface area contributed by atoms with Crippen LogP contribution in [0.2, 0.25) is 0 Å². The van der Waals surface area contributed by atoms with Crippen molar-refractivity contribution in [1.82, 2.24) is 5.32 Å². The highest BCUT2D eigenvalue weighted by molar-refractivity contribution is 6.06. The fourth-order valence-corrected chi connectivity index (χ4v) is 3.04. The highest BCUT2D eigenvalue weighted by atomic mass is 16.5. The summed E-state index contributed by atoms with van der Waals surface area (Å²) in [7, 11) is 1.51. The lowest BCUT2D eigenvalue weighted by atomic mass is 9.85. The molecule has 1 heterocycles. The summed E-state index contributed by atoms with van der Waals surface area (Å²) in [4.78, 5) is 37.6. The van der Waals surface area contributed by atoms with Crippen molar-refractivity contribution >= 4 is 29.3 Å². The van der Waals surface area contributed by atoms with Crippen LogP contribution in [0.1, 0.15) is 29.8 Å². The number of carboxylic acids is 1. The van der Waals surface area contributed by atoms with Crippen LogP contribution in [0.4, 0.5) is 16.2 Å². The van der Waals surface area contributed by atoms with Gasteiger partial charge in [-0.2, -0.15) is 0 Å². The molecule has 0 saturated carbocycles. The van der Waals surface area contributed by atoms with Crippen LogP contribution in [0.15, 0.2) is 42.5 Å². The van der Waals surface area contributed by atoms with Gasteiger partial charge in [0.25, 0.3) is 5.91 Å². The number of hydrogen-bond donors (Lipinski definition) is 3. The molecule has 0 aromatic heterocycles. The molecular weight excluding hydrogens is 374 g/mol. The lowest BCUT2D eigenvalue weighted by Crippen LogP contribution is -2.28. The van der Waals surface area contributed by atoms with Crippen LogP contribution in [0.3, 0.4) is 0 Å². The maximum Gasteiger partial charge on any atom is 0.322 e. The average molecular weight is 397 g/mol. The molecule has 0 aliphatic carbocycles. The minimum atomic E-state index is -1.02. The van der Waals surface area contributed by atoms with Crippen molar-refractivity contribution in [3.05, 3.63) is 53.6 Å². The normalized spacial score (nSPS) is 13.8. The average Bonchev–Trinajstić information content (AvgIpc) is 3.13. The van der Waals surface area contributed by atoms with Crippen LogP contribution in [0, 0.1) is 0 Å². The summed E-state index contributed by atoms with van der Waals surface area (Å²) in [6.45, 7) is 4.26. The smallest absolute Gasteiger partial charge is 0.322 e. The number of hydrogen-bond acceptors (Lipinski definition) is 4. The lowest BCUT2D eigenvalue weighted by molar-refractivity contribution is -0.142. The molecular formula is C21H23N3O5. The Morgan fingerprint density at radius 2 is 1.86 bits per heavy atom. The number of urea groups is 1. The number of carbonyl (C=O) groups excluding carboxylic acids is 2. The van der Waals surface area contributed by atoms with Crippen molar-refractivity contribution in [2.75, 3.05) is 30.4 Å². The molecule has 0 bridgehead atoms. The molecule has 29 heavy (non-hydrogen) atoms. The molecule has 0 atom stereocenters. The molecule has 0 radical (unpaired) electrons. The molecule has 1 fully saturated rings. The Labute approximate surface area is 168 Å². The Morgan fingerprint density at radius 3 is 2.41 bits per heavy atom. The molecule has 1 aliphatic rings. The third kappa shape index (κ3) is 4.01. The predicted molar refractivity (Wildman–Crippen MR) is 109 cm³/mol. The Bertz CT molecular complexity index is 953. The Balaban J connectivity index is 1.80. The topological polar surface area (TPSA) is 108 Å². The second-order valence-corrected chi connectivity index (χ2v) is 7.23. The summed E-state index contributed by atoms with van der Waals surface area (Å²) in [6, 6.07) is 11.3. The zero-order chi connectivity index (χ0) is 21.2. The van der Waals surface area contributed by atoms with E-state index in [1.54, 1.807) is 56.3 Å². The van der Waals surface area contributed by atoms with E-state index in [0.29, 0.717) is 41.3 Å². The molecule has 3 amide bonds. The molecule has 3 N–H and O–H groups in total. The Hall–Kier alpha value is -3.55. The number of methoxy groups -OCH3 is 1. The molecule has 0 spiro atoms. The predicted octanol–water partition coefficient (Wildman–Crippen LogP) is 2.84. The minimum absolute atomic E-state index is 0.238. The standard InChI is InChI=1S/C21H23N3O5/c1-21(2,19(26)27)14-5-7-15(8-6-14)23-18(25)13-4-9-17(29-3)16(12-13)24-11-10-22-20(24)28/h4-9,12H,10-11H2,1-3H3,(H,22,28)(H,23,25)(H,26,27). The van der Waals surface area contributed by atoms with Crippen LogP contribution in [0.25, 0.3) is 0 Å². The summed E-state index contributed by atoms with van der Waals surface area (Å²) in [5, 5.41) is 14.8. The van der Waals surface area contributed by atoms with E-state index in [1.165, 1.54) is 12.0 Å². The number of anilines is 2. The fourth-order valence-electron chi connectivity index (χ4n) is 3.04. The Morgan fingerprint density at radius 1 is 1.17 bits per heavy atom. The maximum atomic E-state index is 12.7. The fraction of sp³-hybridized carbons (Fsp3) is 0.286. The van der Waals surface area contributed by atoms with Crippen LogP contribution in [-0.4, -0.2) is 43.2 Å². The van der Waals surface area contributed by atoms with E-state index in [2.05, 4.69) is 10.6 Å². The molecule has 1 aliphatic heterocycles. The molecule has 0 unspecified atom stereocenters. The first-order valence-corrected chi connectivity index (χ1v) is 9.12. The third-order valence-corrected chi connectivity index (χ3v) is 4.99. The van der Waals surface area contributed by atoms with E-state index in [4.69, 9.17) is 4.74 Å². The number of carbonyl (C=O) groups is 3. The van der Waals surface area contributed by atoms with Gasteiger partial charge < -0.3 is 20.5 Å². The zero-order valence-corrected chi connectivity index (χ0v) is 16.5. The number of benzene rings is 2. The first kappa shape index (κ1) is 20.2. The summed E-state index contributed by atoms with van der Waals surface area (Å²) in [5.41, 5.74) is 1.04. The molecule has 1 saturated heterocycles. The summed E-state index contributed by atoms with van der Waals surface area (Å²) >= 11 is 0. The maximum absolute atomic E-state index is 12.7. The first-order chi connectivity index (χ1) is 13.7. The van der Waals surface area contributed by atoms with Crippen molar-refractivity contribution < 1.29 is 24.2 Å². The number of ether oxygens (including phenoxy) is 1. The summed E-state index contributed by atoms with van der Waals surface area (Å²) in [6.07, 6.45) is 0. The summed E-state index contributed by atoms with van der Waals surface area (Å²) in [5.74, 6) is -0.774. The van der Waals surface area contributed by atoms with E-state index in [0.717, 1.165) is 0 Å². The quantitative estimate of drug-likeness (QED) is 0.695. The minimum Gasteiger partial charge on any atom is -0.495 e. The van der Waals surface area contributed by atoms with Crippen molar-refractivity contribution in [2.45, 2.75) is 19.3 Å². The van der Waals surface area contributed by atoms with Gasteiger partial charge in [0, 0.05) is 24.3 Å². The number of carboxylic acid groups (broad SMARTS) is 1. The Kier molecular flexibility index (Phi) is 5.45. The van der Waals surface area contributed by atoms with E-state index in [9.17, 15) is 19.5 Å². The number of rotatable bonds is 6. The number of amides is 3. The van der Waals surface area contributed by atoms with E-state index in [-0.39, 0.29) is 11.9 Å². The SMILES string of the molecule is COc1ccc(C(=O)Nc2ccc(C(C)(C)C(=O)O)cc2)cc1N1CCNC1=O. The summed E-state index contributed by atoms with van der Waals surface area (Å²) < 4.78 is 5.32. The van der Waals surface area contributed by atoms with Gasteiger partial charge in [0.1, 0.15) is 5.75 Å². The van der Waals surface area contributed by atoms with Gasteiger partial charge in [-0.15, -0.1) is 0 Å². The van der Waals surface area contributed by atoms with Gasteiger partial charge in [-0.3, -0.25) is 14.5 Å². The van der Waals surface area contributed by atoms with Crippen LogP contribution in [-0.2, 0) is 10.2 Å². The van der Waals surface area contributed by atoms with Gasteiger partial charge in [0.2, 0.25) is 0 Å². The van der Waals surface area contributed by atoms with Gasteiger partial charge >= 0.3 is 12.0 Å². The van der Waals surface area contributed by atoms with Crippen molar-refractivity contribution in [2.24, 2.45) is 0 Å². The van der Waals surface area contributed by atoms with Crippen LogP contribution < -0.4 is 20.3 Å². The number of aliphatic carboxylic acids is 1. The van der Waals surface area contributed by atoms with Crippen LogP contribution >= 0.6 is 0 Å². The zero-order valence-electron chi connectivity index (χ0n) is 16.5. The third-order valence-electron chi connectivity index (χ3n) is 4.99. The lowest BCUT2D eigenvalue weighted by Gasteiger charge is -2.20. The number of nitrogens with zero attached hydrogens (tertiary/aromatic N) is 1. The second kappa shape index (κ2) is 7.83. The van der Waals surface area contributed by atoms with Crippen molar-refractivity contribution in [3.63, 3.8) is 0 Å². The van der Waals surface area contributed by atoms with Gasteiger partial charge in [-0.1, -0.05) is 12.1 Å². The highest BCUT2D eigenvalue weighted by Gasteiger charge is 2.29. The molecule has 2 aromatic carbocycles. The molecule has 152 valence electrons. The molecule has 3 rings (SSSR count). The van der Waals surface area contributed by atoms with E-state index >= 15 is 0 Å². The molecule has 2 aromatic rings. The van der Waals surface area contributed by atoms with E-state index < -0.39 is 11.4 Å². The van der Waals surface area contributed by atoms with Gasteiger partial charge in [0.05, 0.1) is 18.2 Å². The first-order valence-electron chi connectivity index (χ1n) is 9.12. The van der Waals surface area contributed by atoms with E-state index in [1.807, 2.05) is 0 Å².